The zero-order chi connectivity index (χ0) is 14.4. The molecule has 4 rings (SSSR count). The minimum atomic E-state index is -0.0519. The molecular formula is C15H18N4OS. The fraction of sp³-hybridized carbons (Fsp3) is 0.467. The van der Waals surface area contributed by atoms with Crippen molar-refractivity contribution in [1.82, 2.24) is 15.2 Å². The minimum absolute atomic E-state index is 0.0519. The van der Waals surface area contributed by atoms with E-state index in [0.29, 0.717) is 11.6 Å². The Labute approximate surface area is 127 Å². The lowest BCUT2D eigenvalue weighted by Gasteiger charge is -2.22. The molecule has 2 N–H and O–H groups in total. The predicted octanol–water partition coefficient (Wildman–Crippen LogP) is 1.77. The summed E-state index contributed by atoms with van der Waals surface area (Å²) in [6.07, 6.45) is 2.99. The summed E-state index contributed by atoms with van der Waals surface area (Å²) < 4.78 is 1.10. The summed E-state index contributed by atoms with van der Waals surface area (Å²) >= 11 is 1.64. The number of nitrogens with one attached hydrogen (secondary N) is 2. The van der Waals surface area contributed by atoms with Crippen molar-refractivity contribution in [2.24, 2.45) is 5.92 Å². The average molecular weight is 302 g/mol. The van der Waals surface area contributed by atoms with Crippen molar-refractivity contribution in [2.75, 3.05) is 32.0 Å². The molecule has 0 aromatic carbocycles. The number of hydrogen-bond donors (Lipinski definition) is 2. The van der Waals surface area contributed by atoms with Crippen molar-refractivity contribution in [3.05, 3.63) is 23.3 Å². The van der Waals surface area contributed by atoms with Crippen LogP contribution < -0.4 is 10.6 Å². The number of aromatic nitrogens is 1. The van der Waals surface area contributed by atoms with Crippen molar-refractivity contribution in [2.45, 2.75) is 12.5 Å². The zero-order valence-electron chi connectivity index (χ0n) is 11.9. The Morgan fingerprint density at radius 3 is 3.10 bits per heavy atom. The van der Waals surface area contributed by atoms with Crippen LogP contribution in [0.15, 0.2) is 17.6 Å². The van der Waals surface area contributed by atoms with E-state index in [-0.39, 0.29) is 11.9 Å². The molecule has 110 valence electrons. The highest BCUT2D eigenvalue weighted by Gasteiger charge is 2.38. The van der Waals surface area contributed by atoms with Gasteiger partial charge in [0.25, 0.3) is 5.91 Å². The first-order valence-electron chi connectivity index (χ1n) is 7.33. The molecular weight excluding hydrogens is 284 g/mol. The molecule has 6 heteroatoms. The number of rotatable bonds is 3. The second kappa shape index (κ2) is 4.96. The van der Waals surface area contributed by atoms with Crippen molar-refractivity contribution in [3.63, 3.8) is 0 Å². The summed E-state index contributed by atoms with van der Waals surface area (Å²) in [6.45, 7) is 3.30. The Morgan fingerprint density at radius 2 is 2.38 bits per heavy atom. The highest BCUT2D eigenvalue weighted by Crippen LogP contribution is 2.30. The molecule has 2 saturated heterocycles. The SMILES string of the molecule is CNc1csc2cnc(C(=O)NC3CN4CC[C@H]3C4)cc12. The topological polar surface area (TPSA) is 57.3 Å². The molecule has 2 aromatic rings. The van der Waals surface area contributed by atoms with Crippen LogP contribution in [0.4, 0.5) is 5.69 Å². The van der Waals surface area contributed by atoms with Crippen molar-refractivity contribution in [3.8, 4) is 0 Å². The number of carbonyl (C=O) groups excluding carboxylic acids is 1. The quantitative estimate of drug-likeness (QED) is 0.907. The Balaban J connectivity index is 1.56. The van der Waals surface area contributed by atoms with Crippen LogP contribution in [0, 0.1) is 5.92 Å². The highest BCUT2D eigenvalue weighted by atomic mass is 32.1. The maximum Gasteiger partial charge on any atom is 0.270 e. The molecule has 5 nitrogen and oxygen atoms in total. The Morgan fingerprint density at radius 1 is 1.48 bits per heavy atom. The van der Waals surface area contributed by atoms with Crippen LogP contribution in [-0.4, -0.2) is 48.5 Å². The van der Waals surface area contributed by atoms with Crippen LogP contribution in [-0.2, 0) is 0 Å². The van der Waals surface area contributed by atoms with Crippen molar-refractivity contribution >= 4 is 33.0 Å². The van der Waals surface area contributed by atoms with Gasteiger partial charge in [0.15, 0.2) is 0 Å². The van der Waals surface area contributed by atoms with E-state index in [4.69, 9.17) is 0 Å². The molecule has 0 saturated carbocycles. The van der Waals surface area contributed by atoms with Crippen molar-refractivity contribution in [1.29, 1.82) is 0 Å². The van der Waals surface area contributed by atoms with E-state index in [1.807, 2.05) is 13.1 Å². The molecule has 2 unspecified atom stereocenters. The monoisotopic (exact) mass is 302 g/mol. The van der Waals surface area contributed by atoms with E-state index in [2.05, 4.69) is 25.9 Å². The van der Waals surface area contributed by atoms with Gasteiger partial charge in [-0.1, -0.05) is 0 Å². The van der Waals surface area contributed by atoms with Crippen LogP contribution in [0.5, 0.6) is 0 Å². The van der Waals surface area contributed by atoms with Gasteiger partial charge in [-0.15, -0.1) is 11.3 Å². The molecule has 2 aromatic heterocycles. The lowest BCUT2D eigenvalue weighted by molar-refractivity contribution is 0.0919. The lowest BCUT2D eigenvalue weighted by Crippen LogP contribution is -2.43. The number of anilines is 1. The van der Waals surface area contributed by atoms with Gasteiger partial charge in [0.1, 0.15) is 5.69 Å². The van der Waals surface area contributed by atoms with Gasteiger partial charge in [-0.3, -0.25) is 4.79 Å². The number of pyridine rings is 1. The zero-order valence-corrected chi connectivity index (χ0v) is 12.7. The second-order valence-corrected chi connectivity index (χ2v) is 6.76. The maximum atomic E-state index is 12.4. The van der Waals surface area contributed by atoms with Gasteiger partial charge < -0.3 is 15.5 Å². The summed E-state index contributed by atoms with van der Waals surface area (Å²) in [6, 6.07) is 2.18. The van der Waals surface area contributed by atoms with Crippen LogP contribution in [0.2, 0.25) is 0 Å². The molecule has 3 atom stereocenters. The van der Waals surface area contributed by atoms with Gasteiger partial charge in [-0.05, 0) is 24.9 Å². The molecule has 2 aliphatic heterocycles. The van der Waals surface area contributed by atoms with E-state index >= 15 is 0 Å². The second-order valence-electron chi connectivity index (χ2n) is 5.85. The predicted molar refractivity (Wildman–Crippen MR) is 85.0 cm³/mol. The molecule has 2 fully saturated rings. The van der Waals surface area contributed by atoms with Gasteiger partial charge in [0, 0.05) is 43.1 Å². The molecule has 21 heavy (non-hydrogen) atoms. The number of amides is 1. The summed E-state index contributed by atoms with van der Waals surface area (Å²) in [5.74, 6) is 0.565. The number of thiophene rings is 1. The number of nitrogens with zero attached hydrogens (tertiary/aromatic N) is 2. The number of fused-ring (bicyclic) bond motifs is 3. The fourth-order valence-corrected chi connectivity index (χ4v) is 4.34. The Hall–Kier alpha value is -1.66. The molecule has 2 aliphatic rings. The van der Waals surface area contributed by atoms with Crippen LogP contribution in [0.3, 0.4) is 0 Å². The van der Waals surface area contributed by atoms with Gasteiger partial charge in [0.05, 0.1) is 10.4 Å². The largest absolute Gasteiger partial charge is 0.387 e. The molecule has 0 spiro atoms. The first-order chi connectivity index (χ1) is 10.2. The first kappa shape index (κ1) is 13.0. The van der Waals surface area contributed by atoms with E-state index in [1.165, 1.54) is 13.0 Å². The van der Waals surface area contributed by atoms with E-state index < -0.39 is 0 Å². The molecule has 2 bridgehead atoms. The van der Waals surface area contributed by atoms with Crippen LogP contribution in [0.25, 0.3) is 10.1 Å². The third-order valence-electron chi connectivity index (χ3n) is 4.61. The van der Waals surface area contributed by atoms with Gasteiger partial charge in [-0.25, -0.2) is 4.98 Å². The van der Waals surface area contributed by atoms with E-state index in [9.17, 15) is 4.79 Å². The summed E-state index contributed by atoms with van der Waals surface area (Å²) in [5, 5.41) is 9.44. The number of carbonyl (C=O) groups is 1. The first-order valence-corrected chi connectivity index (χ1v) is 8.21. The third kappa shape index (κ3) is 2.18. The molecule has 0 aliphatic carbocycles. The summed E-state index contributed by atoms with van der Waals surface area (Å²) in [4.78, 5) is 19.2. The number of piperidine rings is 1. The standard InChI is InChI=1S/C15H18N4OS/c1-16-13-8-21-14-5-17-11(4-10(13)14)15(20)18-12-7-19-3-2-9(12)6-19/h4-5,8-9,12,16H,2-3,6-7H2,1H3,(H,18,20)/t9-,12?/m0/s1. The Bertz CT molecular complexity index is 698. The van der Waals surface area contributed by atoms with Crippen LogP contribution >= 0.6 is 11.3 Å². The van der Waals surface area contributed by atoms with E-state index in [0.717, 1.165) is 28.9 Å². The third-order valence-corrected chi connectivity index (χ3v) is 5.55. The summed E-state index contributed by atoms with van der Waals surface area (Å²) in [7, 11) is 1.89. The van der Waals surface area contributed by atoms with E-state index in [1.54, 1.807) is 17.5 Å². The van der Waals surface area contributed by atoms with Crippen LogP contribution in [0.1, 0.15) is 16.9 Å². The highest BCUT2D eigenvalue weighted by molar-refractivity contribution is 7.17. The summed E-state index contributed by atoms with van der Waals surface area (Å²) in [5.41, 5.74) is 1.56. The normalized spacial score (nSPS) is 27.2. The molecule has 4 heterocycles. The number of hydrogen-bond acceptors (Lipinski definition) is 5. The maximum absolute atomic E-state index is 12.4. The smallest absolute Gasteiger partial charge is 0.270 e. The van der Waals surface area contributed by atoms with Crippen molar-refractivity contribution < 1.29 is 4.79 Å². The Kier molecular flexibility index (Phi) is 3.08. The minimum Gasteiger partial charge on any atom is -0.387 e. The molecule has 1 amide bonds. The lowest BCUT2D eigenvalue weighted by atomic mass is 10.00. The molecule has 0 radical (unpaired) electrons. The van der Waals surface area contributed by atoms with Gasteiger partial charge >= 0.3 is 0 Å². The fourth-order valence-electron chi connectivity index (χ4n) is 3.44. The van der Waals surface area contributed by atoms with Gasteiger partial charge in [-0.2, -0.15) is 0 Å². The van der Waals surface area contributed by atoms with Gasteiger partial charge in [0.2, 0.25) is 0 Å². The average Bonchev–Trinajstić information content (AvgIpc) is 3.21.